The number of hydrogen-bond acceptors (Lipinski definition) is 8. The lowest BCUT2D eigenvalue weighted by Gasteiger charge is -2.31. The van der Waals surface area contributed by atoms with Crippen LogP contribution in [-0.2, 0) is 4.79 Å². The number of nitrogens with zero attached hydrogens (tertiary/aromatic N) is 4. The molecule has 2 aromatic carbocycles. The van der Waals surface area contributed by atoms with Gasteiger partial charge in [-0.05, 0) is 22.6 Å². The van der Waals surface area contributed by atoms with E-state index in [0.717, 1.165) is 0 Å². The molecule has 0 radical (unpaired) electrons. The number of rotatable bonds is 4. The summed E-state index contributed by atoms with van der Waals surface area (Å²) in [5.74, 6) is 0.823. The number of carbonyl (C=O) groups is 1. The van der Waals surface area contributed by atoms with Gasteiger partial charge in [-0.15, -0.1) is 0 Å². The van der Waals surface area contributed by atoms with Crippen LogP contribution >= 0.6 is 11.8 Å². The average molecular weight is 468 g/mol. The largest absolute Gasteiger partial charge is 0.454 e. The summed E-state index contributed by atoms with van der Waals surface area (Å²) in [5, 5.41) is 17.0. The van der Waals surface area contributed by atoms with Gasteiger partial charge in [0.2, 0.25) is 17.9 Å². The van der Waals surface area contributed by atoms with Crippen molar-refractivity contribution in [2.45, 2.75) is 25.2 Å². The van der Waals surface area contributed by atoms with E-state index in [1.165, 1.54) is 40.4 Å². The summed E-state index contributed by atoms with van der Waals surface area (Å²) >= 11 is 1.31. The second-order valence-electron chi connectivity index (χ2n) is 7.29. The van der Waals surface area contributed by atoms with Crippen LogP contribution in [0.15, 0.2) is 46.3 Å². The molecule has 168 valence electrons. The van der Waals surface area contributed by atoms with Gasteiger partial charge in [-0.1, -0.05) is 30.8 Å². The molecule has 3 heterocycles. The predicted molar refractivity (Wildman–Crippen MR) is 117 cm³/mol. The van der Waals surface area contributed by atoms with Crippen molar-refractivity contribution in [3.8, 4) is 22.8 Å². The number of hydrogen-bond donors (Lipinski definition) is 1. The number of ether oxygens (including phenoxy) is 2. The second kappa shape index (κ2) is 7.89. The predicted octanol–water partition coefficient (Wildman–Crippen LogP) is 2.39. The normalized spacial score (nSPS) is 15.7. The van der Waals surface area contributed by atoms with Crippen LogP contribution in [0.2, 0.25) is 0 Å². The smallest absolute Gasteiger partial charge is 0.325 e. The van der Waals surface area contributed by atoms with Crippen LogP contribution in [-0.4, -0.2) is 33.5 Å². The summed E-state index contributed by atoms with van der Waals surface area (Å²) < 4.78 is 12.1. The molecule has 1 aromatic heterocycles. The second-order valence-corrected chi connectivity index (χ2v) is 8.54. The highest BCUT2D eigenvalue weighted by Crippen LogP contribution is 2.44. The maximum absolute atomic E-state index is 13.2. The number of nitro benzene ring substituents is 1. The third-order valence-corrected chi connectivity index (χ3v) is 6.12. The highest BCUT2D eigenvalue weighted by atomic mass is 32.2. The summed E-state index contributed by atoms with van der Waals surface area (Å²) in [4.78, 5) is 41.8. The molecule has 33 heavy (non-hydrogen) atoms. The van der Waals surface area contributed by atoms with Crippen molar-refractivity contribution in [1.29, 1.82) is 0 Å². The number of amides is 1. The SMILES string of the molecule is CCSc1n[n+]2c(c(=O)[nH]1)-c1ccccc1N(C(C)=O)[C@@H]2c1cc2c(cc1[N+](=O)[O-])OCO2. The zero-order chi connectivity index (χ0) is 23.3. The molecule has 0 spiro atoms. The Kier molecular flexibility index (Phi) is 5.01. The first-order valence-corrected chi connectivity index (χ1v) is 11.0. The number of fused-ring (bicyclic) bond motifs is 4. The number of nitro groups is 1. The van der Waals surface area contributed by atoms with Gasteiger partial charge in [0, 0.05) is 18.1 Å². The quantitative estimate of drug-likeness (QED) is 0.267. The van der Waals surface area contributed by atoms with E-state index in [9.17, 15) is 19.7 Å². The maximum Gasteiger partial charge on any atom is 0.325 e. The number of para-hydroxylation sites is 1. The molecule has 0 bridgehead atoms. The molecule has 1 N–H and O–H groups in total. The molecule has 1 atom stereocenters. The average Bonchev–Trinajstić information content (AvgIpc) is 3.24. The van der Waals surface area contributed by atoms with Crippen molar-refractivity contribution >= 4 is 29.0 Å². The van der Waals surface area contributed by atoms with Crippen molar-refractivity contribution in [2.24, 2.45) is 0 Å². The fraction of sp³-hybridized carbons (Fsp3) is 0.238. The molecular weight excluding hydrogens is 450 g/mol. The minimum absolute atomic E-state index is 0.0706. The third-order valence-electron chi connectivity index (χ3n) is 5.38. The fourth-order valence-electron chi connectivity index (χ4n) is 4.11. The van der Waals surface area contributed by atoms with Gasteiger partial charge in [-0.25, -0.2) is 4.90 Å². The van der Waals surface area contributed by atoms with Crippen molar-refractivity contribution in [2.75, 3.05) is 17.4 Å². The van der Waals surface area contributed by atoms with Gasteiger partial charge >= 0.3 is 11.3 Å². The molecule has 0 saturated carbocycles. The summed E-state index contributed by atoms with van der Waals surface area (Å²) in [6, 6.07) is 9.63. The molecule has 5 rings (SSSR count). The van der Waals surface area contributed by atoms with E-state index in [1.807, 2.05) is 6.92 Å². The minimum atomic E-state index is -1.10. The number of aromatic amines is 1. The number of carbonyl (C=O) groups excluding carboxylic acids is 1. The van der Waals surface area contributed by atoms with Crippen LogP contribution in [0.4, 0.5) is 11.4 Å². The van der Waals surface area contributed by atoms with Gasteiger partial charge in [0.15, 0.2) is 11.5 Å². The zero-order valence-electron chi connectivity index (χ0n) is 17.6. The number of H-pyrrole nitrogens is 1. The number of thioether (sulfide) groups is 1. The molecule has 0 aliphatic carbocycles. The molecule has 0 fully saturated rings. The first kappa shape index (κ1) is 20.9. The first-order chi connectivity index (χ1) is 15.9. The van der Waals surface area contributed by atoms with E-state index in [0.29, 0.717) is 27.9 Å². The lowest BCUT2D eigenvalue weighted by Crippen LogP contribution is -2.60. The topological polar surface area (TPSA) is 132 Å². The first-order valence-electron chi connectivity index (χ1n) is 10.1. The molecule has 1 amide bonds. The number of anilines is 1. The zero-order valence-corrected chi connectivity index (χ0v) is 18.4. The van der Waals surface area contributed by atoms with Crippen molar-refractivity contribution in [3.05, 3.63) is 62.4 Å². The monoisotopic (exact) mass is 468 g/mol. The number of benzene rings is 2. The van der Waals surface area contributed by atoms with Crippen LogP contribution in [0, 0.1) is 10.1 Å². The summed E-state index contributed by atoms with van der Waals surface area (Å²) in [5.41, 5.74) is 0.593. The number of aromatic nitrogens is 3. The minimum Gasteiger partial charge on any atom is -0.454 e. The molecular formula is C21H18N5O6S+. The highest BCUT2D eigenvalue weighted by Gasteiger charge is 2.48. The maximum atomic E-state index is 13.2. The van der Waals surface area contributed by atoms with Crippen LogP contribution < -0.4 is 24.6 Å². The Morgan fingerprint density at radius 2 is 2.06 bits per heavy atom. The van der Waals surface area contributed by atoms with Gasteiger partial charge < -0.3 is 9.47 Å². The van der Waals surface area contributed by atoms with Gasteiger partial charge in [-0.2, -0.15) is 0 Å². The lowest BCUT2D eigenvalue weighted by atomic mass is 10.00. The fourth-order valence-corrected chi connectivity index (χ4v) is 4.69. The van der Waals surface area contributed by atoms with E-state index in [2.05, 4.69) is 10.1 Å². The van der Waals surface area contributed by atoms with Gasteiger partial charge in [0.25, 0.3) is 11.9 Å². The molecule has 2 aliphatic rings. The molecule has 3 aromatic rings. The Balaban J connectivity index is 1.87. The molecule has 11 nitrogen and oxygen atoms in total. The lowest BCUT2D eigenvalue weighted by molar-refractivity contribution is -0.763. The molecule has 12 heteroatoms. The van der Waals surface area contributed by atoms with Crippen LogP contribution in [0.3, 0.4) is 0 Å². The summed E-state index contributed by atoms with van der Waals surface area (Å²) in [6.07, 6.45) is -1.10. The summed E-state index contributed by atoms with van der Waals surface area (Å²) in [7, 11) is 0. The highest BCUT2D eigenvalue weighted by molar-refractivity contribution is 7.99. The van der Waals surface area contributed by atoms with E-state index in [1.54, 1.807) is 24.3 Å². The Bertz CT molecular complexity index is 1370. The Morgan fingerprint density at radius 1 is 1.33 bits per heavy atom. The molecule has 2 aliphatic heterocycles. The van der Waals surface area contributed by atoms with Crippen molar-refractivity contribution in [3.63, 3.8) is 0 Å². The van der Waals surface area contributed by atoms with E-state index >= 15 is 0 Å². The Labute approximate surface area is 191 Å². The summed E-state index contributed by atoms with van der Waals surface area (Å²) in [6.45, 7) is 3.20. The van der Waals surface area contributed by atoms with E-state index in [-0.39, 0.29) is 35.4 Å². The van der Waals surface area contributed by atoms with Gasteiger partial charge in [-0.3, -0.25) is 24.7 Å². The standard InChI is InChI=1S/C21H17N5O6S/c1-3-33-21-22-19(28)18-12-6-4-5-7-14(12)24(11(2)27)20(25(18)23-21)13-8-16-17(32-10-31-16)9-15(13)26(29)30/h4-9,20H,3,10H2,1-2H3/p+1/t20-/m0/s1. The Hall–Kier alpha value is -3.93. The van der Waals surface area contributed by atoms with Gasteiger partial charge in [0.1, 0.15) is 5.56 Å². The van der Waals surface area contributed by atoms with Crippen LogP contribution in [0.25, 0.3) is 11.3 Å². The number of nitrogens with one attached hydrogen (secondary N) is 1. The van der Waals surface area contributed by atoms with E-state index in [4.69, 9.17) is 9.47 Å². The van der Waals surface area contributed by atoms with Crippen molar-refractivity contribution in [1.82, 2.24) is 10.1 Å². The molecule has 0 unspecified atom stereocenters. The van der Waals surface area contributed by atoms with Crippen LogP contribution in [0.1, 0.15) is 25.6 Å². The Morgan fingerprint density at radius 3 is 2.76 bits per heavy atom. The van der Waals surface area contributed by atoms with Gasteiger partial charge in [0.05, 0.1) is 22.2 Å². The third kappa shape index (κ3) is 3.30. The molecule has 0 saturated heterocycles. The van der Waals surface area contributed by atoms with Crippen LogP contribution in [0.5, 0.6) is 11.5 Å². The van der Waals surface area contributed by atoms with E-state index < -0.39 is 16.6 Å². The van der Waals surface area contributed by atoms with Crippen molar-refractivity contribution < 1.29 is 23.9 Å².